The summed E-state index contributed by atoms with van der Waals surface area (Å²) in [6, 6.07) is 0. The smallest absolute Gasteiger partial charge is 0.306 e. The van der Waals surface area contributed by atoms with Gasteiger partial charge in [-0.1, -0.05) is 276 Å². The molecule has 0 aliphatic rings. The van der Waals surface area contributed by atoms with E-state index in [2.05, 4.69) is 45.1 Å². The van der Waals surface area contributed by atoms with Gasteiger partial charge in [0.05, 0.1) is 0 Å². The number of allylic oxidation sites excluding steroid dienone is 4. The molecule has 6 heteroatoms. The number of unbranched alkanes of at least 4 members (excludes halogenated alkanes) is 38. The quantitative estimate of drug-likeness (QED) is 0.0262. The fraction of sp³-hybridized carbons (Fsp3) is 0.881. The van der Waals surface area contributed by atoms with Crippen molar-refractivity contribution in [1.82, 2.24) is 0 Å². The fourth-order valence-corrected chi connectivity index (χ4v) is 8.60. The molecule has 382 valence electrons. The first-order chi connectivity index (χ1) is 32.0. The Morgan fingerprint density at radius 3 is 0.908 bits per heavy atom. The van der Waals surface area contributed by atoms with E-state index >= 15 is 0 Å². The second-order valence-corrected chi connectivity index (χ2v) is 19.6. The minimum atomic E-state index is -0.771. The monoisotopic (exact) mass is 915 g/mol. The molecule has 0 radical (unpaired) electrons. The SMILES string of the molecule is CCC/C=C\C/C=C\CCCCCCCC(=O)OC(COC(=O)CCCCCCCCC)COC(=O)CCCCCCCCCCCCCCCCCCCCCCCCCCCCC. The average molecular weight is 916 g/mol. The van der Waals surface area contributed by atoms with Crippen molar-refractivity contribution in [3.63, 3.8) is 0 Å². The van der Waals surface area contributed by atoms with Gasteiger partial charge in [-0.25, -0.2) is 0 Å². The molecule has 0 bridgehead atoms. The molecule has 0 aliphatic heterocycles. The predicted octanol–water partition coefficient (Wildman–Crippen LogP) is 19.1. The van der Waals surface area contributed by atoms with Crippen molar-refractivity contribution in [2.24, 2.45) is 0 Å². The number of carbonyl (C=O) groups is 3. The van der Waals surface area contributed by atoms with Crippen molar-refractivity contribution < 1.29 is 28.6 Å². The third-order valence-corrected chi connectivity index (χ3v) is 12.9. The molecule has 1 unspecified atom stereocenters. The largest absolute Gasteiger partial charge is 0.462 e. The molecule has 0 N–H and O–H groups in total. The van der Waals surface area contributed by atoms with E-state index in [4.69, 9.17) is 14.2 Å². The van der Waals surface area contributed by atoms with E-state index < -0.39 is 6.10 Å². The Kier molecular flexibility index (Phi) is 52.7. The van der Waals surface area contributed by atoms with Crippen molar-refractivity contribution in [3.05, 3.63) is 24.3 Å². The molecular weight excluding hydrogens is 805 g/mol. The average Bonchev–Trinajstić information content (AvgIpc) is 3.30. The first kappa shape index (κ1) is 62.9. The van der Waals surface area contributed by atoms with Gasteiger partial charge in [0.15, 0.2) is 6.10 Å². The number of rotatable bonds is 53. The molecule has 0 aromatic carbocycles. The summed E-state index contributed by atoms with van der Waals surface area (Å²) in [4.78, 5) is 37.8. The van der Waals surface area contributed by atoms with Gasteiger partial charge in [0.2, 0.25) is 0 Å². The minimum absolute atomic E-state index is 0.0727. The fourth-order valence-electron chi connectivity index (χ4n) is 8.60. The summed E-state index contributed by atoms with van der Waals surface area (Å²) in [6.07, 6.45) is 63.6. The summed E-state index contributed by atoms with van der Waals surface area (Å²) in [5, 5.41) is 0. The Morgan fingerprint density at radius 2 is 0.585 bits per heavy atom. The molecule has 0 amide bonds. The van der Waals surface area contributed by atoms with E-state index in [-0.39, 0.29) is 31.1 Å². The van der Waals surface area contributed by atoms with Gasteiger partial charge in [0, 0.05) is 19.3 Å². The van der Waals surface area contributed by atoms with Crippen LogP contribution in [0.3, 0.4) is 0 Å². The summed E-state index contributed by atoms with van der Waals surface area (Å²) in [5.74, 6) is -0.879. The Balaban J connectivity index is 4.02. The maximum Gasteiger partial charge on any atom is 0.306 e. The third-order valence-electron chi connectivity index (χ3n) is 12.9. The van der Waals surface area contributed by atoms with E-state index in [1.165, 1.54) is 186 Å². The first-order valence-electron chi connectivity index (χ1n) is 28.8. The van der Waals surface area contributed by atoms with Crippen LogP contribution in [0.4, 0.5) is 0 Å². The van der Waals surface area contributed by atoms with E-state index in [0.717, 1.165) is 89.9 Å². The maximum absolute atomic E-state index is 12.7. The van der Waals surface area contributed by atoms with Gasteiger partial charge in [-0.15, -0.1) is 0 Å². The molecule has 0 aromatic heterocycles. The number of hydrogen-bond acceptors (Lipinski definition) is 6. The molecule has 65 heavy (non-hydrogen) atoms. The maximum atomic E-state index is 12.7. The number of carbonyl (C=O) groups excluding carboxylic acids is 3. The highest BCUT2D eigenvalue weighted by Gasteiger charge is 2.19. The molecule has 0 heterocycles. The van der Waals surface area contributed by atoms with Gasteiger partial charge >= 0.3 is 17.9 Å². The molecule has 0 saturated heterocycles. The first-order valence-corrected chi connectivity index (χ1v) is 28.8. The van der Waals surface area contributed by atoms with Crippen LogP contribution < -0.4 is 0 Å². The highest BCUT2D eigenvalue weighted by molar-refractivity contribution is 5.71. The standard InChI is InChI=1S/C59H110O6/c1-4-7-10-13-16-18-20-22-23-24-25-26-27-28-29-30-31-32-33-34-35-37-38-40-43-46-49-52-58(61)64-55-56(54-63-57(60)51-48-45-42-15-12-9-6-3)65-59(62)53-50-47-44-41-39-36-21-19-17-14-11-8-5-2/h11,14,19,21,56H,4-10,12-13,15-18,20,22-55H2,1-3H3/b14-11-,21-19-. The Hall–Kier alpha value is -2.11. The summed E-state index contributed by atoms with van der Waals surface area (Å²) >= 11 is 0. The number of esters is 3. The summed E-state index contributed by atoms with van der Waals surface area (Å²) in [6.45, 7) is 6.56. The molecule has 0 rings (SSSR count). The lowest BCUT2D eigenvalue weighted by Gasteiger charge is -2.18. The molecule has 1 atom stereocenters. The second kappa shape index (κ2) is 54.5. The van der Waals surface area contributed by atoms with Crippen LogP contribution in [0, 0.1) is 0 Å². The van der Waals surface area contributed by atoms with Crippen LogP contribution in [0.5, 0.6) is 0 Å². The lowest BCUT2D eigenvalue weighted by atomic mass is 10.0. The molecule has 0 spiro atoms. The normalized spacial score (nSPS) is 12.1. The lowest BCUT2D eigenvalue weighted by Crippen LogP contribution is -2.30. The zero-order chi connectivity index (χ0) is 47.2. The van der Waals surface area contributed by atoms with Gasteiger partial charge < -0.3 is 14.2 Å². The molecular formula is C59H110O6. The van der Waals surface area contributed by atoms with Gasteiger partial charge in [0.1, 0.15) is 13.2 Å². The zero-order valence-electron chi connectivity index (χ0n) is 43.8. The van der Waals surface area contributed by atoms with Gasteiger partial charge in [-0.05, 0) is 44.9 Å². The number of hydrogen-bond donors (Lipinski definition) is 0. The predicted molar refractivity (Wildman–Crippen MR) is 279 cm³/mol. The summed E-state index contributed by atoms with van der Waals surface area (Å²) < 4.78 is 16.7. The van der Waals surface area contributed by atoms with Crippen LogP contribution in [-0.4, -0.2) is 37.2 Å². The number of ether oxygens (including phenoxy) is 3. The molecule has 0 aliphatic carbocycles. The molecule has 0 fully saturated rings. The molecule has 6 nitrogen and oxygen atoms in total. The van der Waals surface area contributed by atoms with Gasteiger partial charge in [-0.2, -0.15) is 0 Å². The summed E-state index contributed by atoms with van der Waals surface area (Å²) in [5.41, 5.74) is 0. The zero-order valence-corrected chi connectivity index (χ0v) is 43.8. The van der Waals surface area contributed by atoms with Gasteiger partial charge in [-0.3, -0.25) is 14.4 Å². The van der Waals surface area contributed by atoms with Crippen LogP contribution in [0.1, 0.15) is 316 Å². The topological polar surface area (TPSA) is 78.9 Å². The van der Waals surface area contributed by atoms with Crippen LogP contribution in [0.15, 0.2) is 24.3 Å². The Labute approximate surface area is 404 Å². The highest BCUT2D eigenvalue weighted by Crippen LogP contribution is 2.17. The third kappa shape index (κ3) is 52.7. The lowest BCUT2D eigenvalue weighted by molar-refractivity contribution is -0.167. The molecule has 0 saturated carbocycles. The van der Waals surface area contributed by atoms with Crippen LogP contribution in [0.2, 0.25) is 0 Å². The van der Waals surface area contributed by atoms with Crippen molar-refractivity contribution in [3.8, 4) is 0 Å². The summed E-state index contributed by atoms with van der Waals surface area (Å²) in [7, 11) is 0. The van der Waals surface area contributed by atoms with Crippen LogP contribution >= 0.6 is 0 Å². The van der Waals surface area contributed by atoms with E-state index in [9.17, 15) is 14.4 Å². The highest BCUT2D eigenvalue weighted by atomic mass is 16.6. The van der Waals surface area contributed by atoms with Crippen molar-refractivity contribution in [2.75, 3.05) is 13.2 Å². The van der Waals surface area contributed by atoms with Crippen molar-refractivity contribution >= 4 is 17.9 Å². The van der Waals surface area contributed by atoms with Crippen molar-refractivity contribution in [2.45, 2.75) is 322 Å². The second-order valence-electron chi connectivity index (χ2n) is 19.6. The van der Waals surface area contributed by atoms with E-state index in [1.54, 1.807) is 0 Å². The van der Waals surface area contributed by atoms with Crippen LogP contribution in [0.25, 0.3) is 0 Å². The van der Waals surface area contributed by atoms with Gasteiger partial charge in [0.25, 0.3) is 0 Å². The van der Waals surface area contributed by atoms with E-state index in [1.807, 2.05) is 0 Å². The Morgan fingerprint density at radius 1 is 0.308 bits per heavy atom. The van der Waals surface area contributed by atoms with Crippen LogP contribution in [-0.2, 0) is 28.6 Å². The van der Waals surface area contributed by atoms with Crippen molar-refractivity contribution in [1.29, 1.82) is 0 Å². The molecule has 0 aromatic rings. The van der Waals surface area contributed by atoms with E-state index in [0.29, 0.717) is 19.3 Å². The minimum Gasteiger partial charge on any atom is -0.462 e. The Bertz CT molecular complexity index is 1050.